The molecule has 0 saturated heterocycles. The quantitative estimate of drug-likeness (QED) is 0.714. The van der Waals surface area contributed by atoms with Crippen LogP contribution in [0.5, 0.6) is 0 Å². The van der Waals surface area contributed by atoms with Gasteiger partial charge >= 0.3 is 0 Å². The SMILES string of the molecule is CSc1ccc(C(O)CNC(=O)CCSc2ccccc2)cc1. The highest BCUT2D eigenvalue weighted by molar-refractivity contribution is 7.99. The Labute approximate surface area is 145 Å². The maximum atomic E-state index is 11.8. The van der Waals surface area contributed by atoms with E-state index in [4.69, 9.17) is 0 Å². The highest BCUT2D eigenvalue weighted by Gasteiger charge is 2.09. The molecule has 0 aliphatic carbocycles. The van der Waals surface area contributed by atoms with Gasteiger partial charge in [-0.1, -0.05) is 30.3 Å². The van der Waals surface area contributed by atoms with Crippen LogP contribution in [-0.2, 0) is 4.79 Å². The number of rotatable bonds is 8. The molecule has 0 aromatic heterocycles. The van der Waals surface area contributed by atoms with Crippen molar-refractivity contribution in [3.63, 3.8) is 0 Å². The van der Waals surface area contributed by atoms with E-state index in [0.29, 0.717) is 6.42 Å². The number of hydrogen-bond donors (Lipinski definition) is 2. The van der Waals surface area contributed by atoms with Gasteiger partial charge in [0, 0.05) is 28.5 Å². The number of nitrogens with one attached hydrogen (secondary N) is 1. The van der Waals surface area contributed by atoms with Crippen LogP contribution in [-0.4, -0.2) is 29.6 Å². The summed E-state index contributed by atoms with van der Waals surface area (Å²) in [5.41, 5.74) is 0.821. The number of amides is 1. The summed E-state index contributed by atoms with van der Waals surface area (Å²) in [6.07, 6.45) is 1.79. The summed E-state index contributed by atoms with van der Waals surface area (Å²) in [6, 6.07) is 17.8. The van der Waals surface area contributed by atoms with Crippen molar-refractivity contribution in [1.29, 1.82) is 0 Å². The van der Waals surface area contributed by atoms with Crippen molar-refractivity contribution in [2.24, 2.45) is 0 Å². The Morgan fingerprint density at radius 2 is 1.78 bits per heavy atom. The van der Waals surface area contributed by atoms with Crippen LogP contribution in [0.4, 0.5) is 0 Å². The molecule has 1 atom stereocenters. The van der Waals surface area contributed by atoms with Crippen LogP contribution in [0, 0.1) is 0 Å². The molecule has 0 saturated carbocycles. The summed E-state index contributed by atoms with van der Waals surface area (Å²) in [5.74, 6) is 0.696. The summed E-state index contributed by atoms with van der Waals surface area (Å²) in [7, 11) is 0. The number of aliphatic hydroxyl groups is 1. The molecule has 5 heteroatoms. The second kappa shape index (κ2) is 9.65. The van der Waals surface area contributed by atoms with E-state index in [2.05, 4.69) is 5.32 Å². The molecule has 0 radical (unpaired) electrons. The predicted octanol–water partition coefficient (Wildman–Crippen LogP) is 3.74. The van der Waals surface area contributed by atoms with Crippen LogP contribution >= 0.6 is 23.5 Å². The topological polar surface area (TPSA) is 49.3 Å². The Morgan fingerprint density at radius 3 is 2.43 bits per heavy atom. The second-order valence-electron chi connectivity index (χ2n) is 5.00. The first kappa shape index (κ1) is 17.9. The fourth-order valence-electron chi connectivity index (χ4n) is 2.02. The fraction of sp³-hybridized carbons (Fsp3) is 0.278. The van der Waals surface area contributed by atoms with Crippen LogP contribution in [0.15, 0.2) is 64.4 Å². The van der Waals surface area contributed by atoms with E-state index >= 15 is 0 Å². The van der Waals surface area contributed by atoms with E-state index in [1.165, 1.54) is 0 Å². The van der Waals surface area contributed by atoms with Gasteiger partial charge in [0.15, 0.2) is 0 Å². The van der Waals surface area contributed by atoms with Crippen LogP contribution in [0.3, 0.4) is 0 Å². The van der Waals surface area contributed by atoms with E-state index in [0.717, 1.165) is 21.1 Å². The van der Waals surface area contributed by atoms with Crippen molar-refractivity contribution in [2.75, 3.05) is 18.6 Å². The average molecular weight is 348 g/mol. The Morgan fingerprint density at radius 1 is 1.09 bits per heavy atom. The summed E-state index contributed by atoms with van der Waals surface area (Å²) < 4.78 is 0. The summed E-state index contributed by atoms with van der Waals surface area (Å²) in [6.45, 7) is 0.244. The van der Waals surface area contributed by atoms with Gasteiger partial charge in [-0.3, -0.25) is 4.79 Å². The molecule has 3 nitrogen and oxygen atoms in total. The molecule has 1 amide bonds. The van der Waals surface area contributed by atoms with Gasteiger partial charge in [-0.05, 0) is 36.1 Å². The highest BCUT2D eigenvalue weighted by Crippen LogP contribution is 2.19. The third-order valence-corrected chi connectivity index (χ3v) is 5.09. The smallest absolute Gasteiger partial charge is 0.220 e. The van der Waals surface area contributed by atoms with Crippen molar-refractivity contribution < 1.29 is 9.90 Å². The van der Waals surface area contributed by atoms with Gasteiger partial charge in [0.25, 0.3) is 0 Å². The highest BCUT2D eigenvalue weighted by atomic mass is 32.2. The minimum absolute atomic E-state index is 0.0341. The van der Waals surface area contributed by atoms with Crippen molar-refractivity contribution >= 4 is 29.4 Å². The van der Waals surface area contributed by atoms with Gasteiger partial charge in [-0.25, -0.2) is 0 Å². The Hall–Kier alpha value is -1.43. The van der Waals surface area contributed by atoms with Gasteiger partial charge < -0.3 is 10.4 Å². The predicted molar refractivity (Wildman–Crippen MR) is 98.0 cm³/mol. The summed E-state index contributed by atoms with van der Waals surface area (Å²) in [4.78, 5) is 14.1. The van der Waals surface area contributed by atoms with Gasteiger partial charge in [-0.2, -0.15) is 0 Å². The largest absolute Gasteiger partial charge is 0.387 e. The molecule has 0 aliphatic rings. The zero-order chi connectivity index (χ0) is 16.5. The molecule has 122 valence electrons. The molecule has 0 fully saturated rings. The lowest BCUT2D eigenvalue weighted by Crippen LogP contribution is -2.28. The van der Waals surface area contributed by atoms with Crippen LogP contribution in [0.1, 0.15) is 18.1 Å². The number of benzene rings is 2. The maximum Gasteiger partial charge on any atom is 0.220 e. The minimum Gasteiger partial charge on any atom is -0.387 e. The lowest BCUT2D eigenvalue weighted by Gasteiger charge is -2.12. The van der Waals surface area contributed by atoms with Gasteiger partial charge in [0.05, 0.1) is 6.10 Å². The molecule has 0 spiro atoms. The van der Waals surface area contributed by atoms with Crippen molar-refractivity contribution in [3.8, 4) is 0 Å². The summed E-state index contributed by atoms with van der Waals surface area (Å²) in [5, 5.41) is 12.9. The first-order chi connectivity index (χ1) is 11.2. The van der Waals surface area contributed by atoms with Crippen molar-refractivity contribution in [2.45, 2.75) is 22.3 Å². The molecule has 0 aliphatic heterocycles. The van der Waals surface area contributed by atoms with E-state index in [1.54, 1.807) is 23.5 Å². The molecule has 1 unspecified atom stereocenters. The molecule has 23 heavy (non-hydrogen) atoms. The fourth-order valence-corrected chi connectivity index (χ4v) is 3.30. The number of carbonyl (C=O) groups excluding carboxylic acids is 1. The number of thioether (sulfide) groups is 2. The number of hydrogen-bond acceptors (Lipinski definition) is 4. The van der Waals surface area contributed by atoms with Crippen molar-refractivity contribution in [1.82, 2.24) is 5.32 Å². The van der Waals surface area contributed by atoms with E-state index < -0.39 is 6.10 Å². The second-order valence-corrected chi connectivity index (χ2v) is 7.05. The Kier molecular flexibility index (Phi) is 7.52. The van der Waals surface area contributed by atoms with Crippen LogP contribution in [0.2, 0.25) is 0 Å². The molecule has 2 aromatic carbocycles. The lowest BCUT2D eigenvalue weighted by molar-refractivity contribution is -0.121. The van der Waals surface area contributed by atoms with E-state index in [-0.39, 0.29) is 12.5 Å². The lowest BCUT2D eigenvalue weighted by atomic mass is 10.1. The van der Waals surface area contributed by atoms with E-state index in [1.807, 2.05) is 60.9 Å². The van der Waals surface area contributed by atoms with Crippen molar-refractivity contribution in [3.05, 3.63) is 60.2 Å². The molecular formula is C18H21NO2S2. The standard InChI is InChI=1S/C18H21NO2S2/c1-22-15-9-7-14(8-10-15)17(20)13-19-18(21)11-12-23-16-5-3-2-4-6-16/h2-10,17,20H,11-13H2,1H3,(H,19,21). The summed E-state index contributed by atoms with van der Waals surface area (Å²) >= 11 is 3.32. The van der Waals surface area contributed by atoms with Crippen LogP contribution < -0.4 is 5.32 Å². The monoisotopic (exact) mass is 347 g/mol. The van der Waals surface area contributed by atoms with Gasteiger partial charge in [-0.15, -0.1) is 23.5 Å². The maximum absolute atomic E-state index is 11.8. The zero-order valence-corrected chi connectivity index (χ0v) is 14.7. The first-order valence-corrected chi connectivity index (χ1v) is 9.66. The third kappa shape index (κ3) is 6.29. The Balaban J connectivity index is 1.68. The third-order valence-electron chi connectivity index (χ3n) is 3.33. The molecule has 2 N–H and O–H groups in total. The molecule has 0 bridgehead atoms. The zero-order valence-electron chi connectivity index (χ0n) is 13.1. The average Bonchev–Trinajstić information content (AvgIpc) is 2.60. The number of carbonyl (C=O) groups is 1. The molecule has 2 aromatic rings. The van der Waals surface area contributed by atoms with E-state index in [9.17, 15) is 9.90 Å². The normalized spacial score (nSPS) is 11.9. The number of aliphatic hydroxyl groups excluding tert-OH is 1. The minimum atomic E-state index is -0.670. The molecular weight excluding hydrogens is 326 g/mol. The van der Waals surface area contributed by atoms with Gasteiger partial charge in [0.2, 0.25) is 5.91 Å². The molecule has 0 heterocycles. The van der Waals surface area contributed by atoms with Gasteiger partial charge in [0.1, 0.15) is 0 Å². The Bertz CT molecular complexity index is 602. The first-order valence-electron chi connectivity index (χ1n) is 7.45. The molecule has 2 rings (SSSR count). The van der Waals surface area contributed by atoms with Crippen LogP contribution in [0.25, 0.3) is 0 Å².